The Bertz CT molecular complexity index is 1640. The van der Waals surface area contributed by atoms with Crippen LogP contribution >= 0.6 is 23.2 Å². The van der Waals surface area contributed by atoms with Gasteiger partial charge < -0.3 is 19.7 Å². The molecule has 2 aromatic carbocycles. The third-order valence-electron chi connectivity index (χ3n) is 8.20. The highest BCUT2D eigenvalue weighted by molar-refractivity contribution is 6.35. The number of amides is 1. The number of aromatic amines is 1. The van der Waals surface area contributed by atoms with E-state index in [0.29, 0.717) is 21.4 Å². The van der Waals surface area contributed by atoms with Crippen molar-refractivity contribution in [2.45, 2.75) is 90.5 Å². The van der Waals surface area contributed by atoms with Crippen LogP contribution in [0.1, 0.15) is 101 Å². The van der Waals surface area contributed by atoms with E-state index in [1.165, 1.54) is 55.7 Å². The lowest BCUT2D eigenvalue weighted by atomic mass is 10.1. The van der Waals surface area contributed by atoms with Crippen molar-refractivity contribution < 1.29 is 19.1 Å². The van der Waals surface area contributed by atoms with Gasteiger partial charge in [0, 0.05) is 21.8 Å². The van der Waals surface area contributed by atoms with E-state index in [-0.39, 0.29) is 42.8 Å². The lowest BCUT2D eigenvalue weighted by molar-refractivity contribution is -0.117. The van der Waals surface area contributed by atoms with Crippen molar-refractivity contribution in [3.63, 3.8) is 0 Å². The highest BCUT2D eigenvalue weighted by atomic mass is 35.5. The van der Waals surface area contributed by atoms with Crippen molar-refractivity contribution in [3.05, 3.63) is 91.8 Å². The predicted molar refractivity (Wildman–Crippen MR) is 192 cm³/mol. The first-order valence-electron chi connectivity index (χ1n) is 16.8. The molecule has 0 aliphatic carbocycles. The molecule has 11 heteroatoms. The topological polar surface area (TPSA) is 106 Å². The smallest absolute Gasteiger partial charge is 0.357 e. The van der Waals surface area contributed by atoms with Gasteiger partial charge in [0.15, 0.2) is 5.69 Å². The molecule has 0 spiro atoms. The first-order valence-corrected chi connectivity index (χ1v) is 17.6. The summed E-state index contributed by atoms with van der Waals surface area (Å²) in [5.41, 5.74) is 3.16. The van der Waals surface area contributed by atoms with Crippen molar-refractivity contribution in [1.82, 2.24) is 14.7 Å². The minimum atomic E-state index is -0.625. The molecule has 1 fully saturated rings. The fourth-order valence-corrected chi connectivity index (χ4v) is 6.04. The Labute approximate surface area is 292 Å². The summed E-state index contributed by atoms with van der Waals surface area (Å²) in [7, 11) is 0. The summed E-state index contributed by atoms with van der Waals surface area (Å²) < 4.78 is 12.8. The van der Waals surface area contributed by atoms with E-state index in [1.807, 2.05) is 19.9 Å². The zero-order chi connectivity index (χ0) is 34.5. The van der Waals surface area contributed by atoms with Gasteiger partial charge in [0.1, 0.15) is 13.2 Å². The molecule has 2 N–H and O–H groups in total. The molecule has 0 unspecified atom stereocenters. The maximum absolute atomic E-state index is 13.6. The van der Waals surface area contributed by atoms with E-state index in [0.717, 1.165) is 19.3 Å². The Morgan fingerprint density at radius 3 is 2.25 bits per heavy atom. The molecule has 0 atom stereocenters. The zero-order valence-corrected chi connectivity index (χ0v) is 29.6. The average Bonchev–Trinajstić information content (AvgIpc) is 3.52. The number of esters is 1. The predicted octanol–water partition coefficient (Wildman–Crippen LogP) is 8.75. The molecule has 1 aliphatic rings. The van der Waals surface area contributed by atoms with Gasteiger partial charge in [0.2, 0.25) is 11.8 Å². The van der Waals surface area contributed by atoms with Gasteiger partial charge in [-0.3, -0.25) is 14.7 Å². The molecule has 1 aromatic heterocycles. The number of benzene rings is 2. The number of carbonyl (C=O) groups is 2. The molecule has 0 radical (unpaired) electrons. The van der Waals surface area contributed by atoms with Crippen LogP contribution < -0.4 is 10.9 Å². The average molecular weight is 698 g/mol. The standard InChI is InChI=1S/C37H46Cl2N4O5/c1-4-5-6-7-8-9-10-11-12-16-21-47-36(46)34-31(35(45)43(41-34)30-17-14-13-15-18-30)19-20-33-42(37(2,3)26-48-33)25-32(44)40-29-23-27(38)22-28(39)24-29/h13-15,17-19,22-24,41H,4-12,16,21,25-26H2,1-3H3,(H,40,44). The molecule has 4 rings (SSSR count). The van der Waals surface area contributed by atoms with E-state index in [2.05, 4.69) is 23.1 Å². The molecule has 0 saturated carbocycles. The first kappa shape index (κ1) is 36.9. The monoisotopic (exact) mass is 696 g/mol. The maximum atomic E-state index is 13.6. The summed E-state index contributed by atoms with van der Waals surface area (Å²) in [6.07, 6.45) is 13.1. The highest BCUT2D eigenvalue weighted by Crippen LogP contribution is 2.29. The van der Waals surface area contributed by atoms with Crippen molar-refractivity contribution in [1.29, 1.82) is 0 Å². The van der Waals surface area contributed by atoms with Crippen molar-refractivity contribution in [3.8, 4) is 5.69 Å². The van der Waals surface area contributed by atoms with Crippen LogP contribution in [0.3, 0.4) is 0 Å². The van der Waals surface area contributed by atoms with Crippen molar-refractivity contribution in [2.24, 2.45) is 0 Å². The number of ether oxygens (including phenoxy) is 2. The number of hydrogen-bond acceptors (Lipinski definition) is 6. The minimum Gasteiger partial charge on any atom is -0.471 e. The van der Waals surface area contributed by atoms with Crippen LogP contribution in [-0.4, -0.2) is 51.9 Å². The number of rotatable bonds is 17. The summed E-state index contributed by atoms with van der Waals surface area (Å²) >= 11 is 12.2. The van der Waals surface area contributed by atoms with Gasteiger partial charge >= 0.3 is 5.97 Å². The highest BCUT2D eigenvalue weighted by Gasteiger charge is 2.38. The maximum Gasteiger partial charge on any atom is 0.357 e. The second-order valence-corrected chi connectivity index (χ2v) is 13.6. The molecule has 0 bridgehead atoms. The molecule has 9 nitrogen and oxygen atoms in total. The number of hydrogen-bond donors (Lipinski definition) is 2. The largest absolute Gasteiger partial charge is 0.471 e. The fourth-order valence-electron chi connectivity index (χ4n) is 5.51. The van der Waals surface area contributed by atoms with Crippen molar-refractivity contribution >= 4 is 46.8 Å². The van der Waals surface area contributed by atoms with Gasteiger partial charge in [0.05, 0.1) is 23.4 Å². The van der Waals surface area contributed by atoms with Gasteiger partial charge in [-0.2, -0.15) is 0 Å². The number of anilines is 1. The number of halogens is 2. The number of H-pyrrole nitrogens is 1. The van der Waals surface area contributed by atoms with E-state index >= 15 is 0 Å². The molecule has 1 amide bonds. The normalized spacial score (nSPS) is 13.6. The SMILES string of the molecule is CCCCCCCCCCCCOC(=O)c1[nH]n(-c2ccccc2)c(=O)c1C=C=C1OCC(C)(C)N1CC(=O)Nc1cc(Cl)cc(Cl)c1. The van der Waals surface area contributed by atoms with Crippen LogP contribution in [0.2, 0.25) is 10.0 Å². The van der Waals surface area contributed by atoms with Crippen molar-refractivity contribution in [2.75, 3.05) is 25.1 Å². The second kappa shape index (κ2) is 18.0. The molecule has 1 saturated heterocycles. The number of carbonyl (C=O) groups excluding carboxylic acids is 2. The van der Waals surface area contributed by atoms with Crippen LogP contribution in [0.5, 0.6) is 0 Å². The van der Waals surface area contributed by atoms with Gasteiger partial charge in [-0.15, -0.1) is 0 Å². The Morgan fingerprint density at radius 1 is 0.979 bits per heavy atom. The molecule has 1 aliphatic heterocycles. The van der Waals surface area contributed by atoms with Gasteiger partial charge in [-0.1, -0.05) is 112 Å². The summed E-state index contributed by atoms with van der Waals surface area (Å²) in [6.45, 7) is 6.57. The van der Waals surface area contributed by atoms with E-state index < -0.39 is 17.1 Å². The lowest BCUT2D eigenvalue weighted by Crippen LogP contribution is -2.43. The molecule has 3 aromatic rings. The first-order chi connectivity index (χ1) is 23.1. The second-order valence-electron chi connectivity index (χ2n) is 12.7. The molecular weight excluding hydrogens is 651 g/mol. The Balaban J connectivity index is 1.47. The lowest BCUT2D eigenvalue weighted by Gasteiger charge is -2.29. The number of unbranched alkanes of at least 4 members (excludes halogenated alkanes) is 9. The third kappa shape index (κ3) is 10.5. The summed E-state index contributed by atoms with van der Waals surface area (Å²) in [5.74, 6) is -0.689. The Kier molecular flexibility index (Phi) is 13.9. The molecule has 258 valence electrons. The van der Waals surface area contributed by atoms with Crippen LogP contribution in [-0.2, 0) is 14.3 Å². The number of aromatic nitrogens is 2. The molecular formula is C37H46Cl2N4O5. The van der Waals surface area contributed by atoms with Gasteiger partial charge in [-0.05, 0) is 50.6 Å². The number of para-hydroxylation sites is 1. The van der Waals surface area contributed by atoms with Crippen LogP contribution in [0, 0.1) is 0 Å². The molecule has 2 heterocycles. The van der Waals surface area contributed by atoms with E-state index in [1.54, 1.807) is 47.4 Å². The number of nitrogens with one attached hydrogen (secondary N) is 2. The zero-order valence-electron chi connectivity index (χ0n) is 28.1. The summed E-state index contributed by atoms with van der Waals surface area (Å²) in [4.78, 5) is 41.7. The van der Waals surface area contributed by atoms with Crippen LogP contribution in [0.4, 0.5) is 5.69 Å². The van der Waals surface area contributed by atoms with Gasteiger partial charge in [-0.25, -0.2) is 9.48 Å². The summed E-state index contributed by atoms with van der Waals surface area (Å²) in [6, 6.07) is 13.8. The quantitative estimate of drug-likeness (QED) is 0.0831. The summed E-state index contributed by atoms with van der Waals surface area (Å²) in [5, 5.41) is 6.54. The Morgan fingerprint density at radius 2 is 1.60 bits per heavy atom. The fraction of sp³-hybridized carbons (Fsp3) is 0.459. The van der Waals surface area contributed by atoms with E-state index in [9.17, 15) is 14.4 Å². The third-order valence-corrected chi connectivity index (χ3v) is 8.64. The van der Waals surface area contributed by atoms with E-state index in [4.69, 9.17) is 32.7 Å². The van der Waals surface area contributed by atoms with Gasteiger partial charge in [0.25, 0.3) is 5.56 Å². The molecule has 48 heavy (non-hydrogen) atoms. The van der Waals surface area contributed by atoms with Crippen LogP contribution in [0.15, 0.2) is 64.9 Å². The minimum absolute atomic E-state index is 0.0171. The van der Waals surface area contributed by atoms with Crippen LogP contribution in [0.25, 0.3) is 11.8 Å². The number of nitrogens with zero attached hydrogens (tertiary/aromatic N) is 2. The Hall–Kier alpha value is -3.91.